The van der Waals surface area contributed by atoms with E-state index >= 15 is 0 Å². The average Bonchev–Trinajstić information content (AvgIpc) is 2.80. The Balaban J connectivity index is 1.67. The smallest absolute Gasteiger partial charge is 0.307 e. The number of carbonyl (C=O) groups is 2. The molecule has 7 nitrogen and oxygen atoms in total. The minimum Gasteiger partial charge on any atom is -0.481 e. The molecule has 2 aliphatic rings. The number of aliphatic carboxylic acids is 1. The van der Waals surface area contributed by atoms with Crippen LogP contribution in [0.15, 0.2) is 35.2 Å². The van der Waals surface area contributed by atoms with Crippen LogP contribution < -0.4 is 0 Å². The summed E-state index contributed by atoms with van der Waals surface area (Å²) in [7, 11) is -3.57. The first-order chi connectivity index (χ1) is 11.9. The lowest BCUT2D eigenvalue weighted by Gasteiger charge is -2.36. The molecular weight excluding hydrogens is 344 g/mol. The zero-order valence-electron chi connectivity index (χ0n) is 13.9. The minimum atomic E-state index is -3.57. The Bertz CT molecular complexity index is 750. The first-order valence-corrected chi connectivity index (χ1v) is 9.92. The van der Waals surface area contributed by atoms with Crippen LogP contribution in [0.2, 0.25) is 0 Å². The van der Waals surface area contributed by atoms with E-state index in [1.165, 1.54) is 4.31 Å². The maximum absolute atomic E-state index is 12.7. The number of carboxylic acid groups (broad SMARTS) is 1. The lowest BCUT2D eigenvalue weighted by atomic mass is 9.73. The molecule has 0 radical (unpaired) electrons. The van der Waals surface area contributed by atoms with Gasteiger partial charge in [0.1, 0.15) is 0 Å². The van der Waals surface area contributed by atoms with Gasteiger partial charge in [0.25, 0.3) is 0 Å². The average molecular weight is 366 g/mol. The lowest BCUT2D eigenvalue weighted by molar-refractivity contribution is -0.156. The number of carbonyl (C=O) groups excluding carboxylic acids is 1. The number of hydrogen-bond acceptors (Lipinski definition) is 4. The first kappa shape index (κ1) is 17.9. The highest BCUT2D eigenvalue weighted by Crippen LogP contribution is 2.36. The van der Waals surface area contributed by atoms with Gasteiger partial charge in [0.05, 0.1) is 16.7 Å². The van der Waals surface area contributed by atoms with Crippen LogP contribution in [0.3, 0.4) is 0 Å². The van der Waals surface area contributed by atoms with Crippen molar-refractivity contribution in [1.82, 2.24) is 9.21 Å². The number of benzene rings is 1. The molecule has 1 saturated carbocycles. The summed E-state index contributed by atoms with van der Waals surface area (Å²) in [4.78, 5) is 25.6. The summed E-state index contributed by atoms with van der Waals surface area (Å²) in [5.41, 5.74) is 0. The molecule has 0 aromatic heterocycles. The van der Waals surface area contributed by atoms with Crippen molar-refractivity contribution in [3.05, 3.63) is 30.3 Å². The molecule has 2 unspecified atom stereocenters. The number of nitrogens with zero attached hydrogens (tertiary/aromatic N) is 2. The van der Waals surface area contributed by atoms with Crippen molar-refractivity contribution in [2.75, 3.05) is 26.2 Å². The summed E-state index contributed by atoms with van der Waals surface area (Å²) < 4.78 is 26.8. The van der Waals surface area contributed by atoms with Gasteiger partial charge in [-0.2, -0.15) is 4.31 Å². The zero-order chi connectivity index (χ0) is 18.0. The fourth-order valence-corrected chi connectivity index (χ4v) is 4.91. The summed E-state index contributed by atoms with van der Waals surface area (Å²) >= 11 is 0. The Hall–Kier alpha value is -1.93. The van der Waals surface area contributed by atoms with Crippen LogP contribution in [-0.2, 0) is 19.6 Å². The second-order valence-corrected chi connectivity index (χ2v) is 8.46. The molecule has 1 N–H and O–H groups in total. The third kappa shape index (κ3) is 3.55. The normalized spacial score (nSPS) is 25.0. The molecule has 1 aromatic carbocycles. The summed E-state index contributed by atoms with van der Waals surface area (Å²) in [6.07, 6.45) is 1.68. The molecule has 1 heterocycles. The van der Waals surface area contributed by atoms with Gasteiger partial charge in [-0.1, -0.05) is 18.2 Å². The molecule has 0 bridgehead atoms. The van der Waals surface area contributed by atoms with Crippen LogP contribution in [0.5, 0.6) is 0 Å². The van der Waals surface area contributed by atoms with Crippen LogP contribution in [0.4, 0.5) is 0 Å². The van der Waals surface area contributed by atoms with Gasteiger partial charge < -0.3 is 10.0 Å². The van der Waals surface area contributed by atoms with Gasteiger partial charge in [0.2, 0.25) is 15.9 Å². The number of rotatable bonds is 4. The quantitative estimate of drug-likeness (QED) is 0.858. The standard InChI is InChI=1S/C17H22N2O5S/c20-16(14-7-8-15(14)17(21)22)18-9-4-10-19(12-11-18)25(23,24)13-5-2-1-3-6-13/h1-3,5-6,14-15H,4,7-12H2,(H,21,22). The summed E-state index contributed by atoms with van der Waals surface area (Å²) in [6.45, 7) is 1.34. The largest absolute Gasteiger partial charge is 0.481 e. The summed E-state index contributed by atoms with van der Waals surface area (Å²) in [6, 6.07) is 8.26. The van der Waals surface area contributed by atoms with Crippen molar-refractivity contribution in [3.8, 4) is 0 Å². The Labute approximate surface area is 147 Å². The van der Waals surface area contributed by atoms with Crippen LogP contribution in [0.25, 0.3) is 0 Å². The Morgan fingerprint density at radius 2 is 1.64 bits per heavy atom. The lowest BCUT2D eigenvalue weighted by Crippen LogP contribution is -2.47. The predicted octanol–water partition coefficient (Wildman–Crippen LogP) is 1.02. The van der Waals surface area contributed by atoms with Crippen LogP contribution in [0, 0.1) is 11.8 Å². The van der Waals surface area contributed by atoms with Gasteiger partial charge in [0, 0.05) is 26.2 Å². The fourth-order valence-electron chi connectivity index (χ4n) is 3.42. The van der Waals surface area contributed by atoms with E-state index in [0.29, 0.717) is 38.9 Å². The Morgan fingerprint density at radius 1 is 0.960 bits per heavy atom. The van der Waals surface area contributed by atoms with Crippen molar-refractivity contribution < 1.29 is 23.1 Å². The van der Waals surface area contributed by atoms with E-state index in [2.05, 4.69) is 0 Å². The van der Waals surface area contributed by atoms with Gasteiger partial charge in [-0.05, 0) is 31.4 Å². The molecule has 136 valence electrons. The molecule has 25 heavy (non-hydrogen) atoms. The Kier molecular flexibility index (Phi) is 5.10. The van der Waals surface area contributed by atoms with Crippen LogP contribution >= 0.6 is 0 Å². The van der Waals surface area contributed by atoms with Crippen molar-refractivity contribution in [2.45, 2.75) is 24.2 Å². The van der Waals surface area contributed by atoms with Crippen molar-refractivity contribution in [2.24, 2.45) is 11.8 Å². The topological polar surface area (TPSA) is 95.0 Å². The third-order valence-electron chi connectivity index (χ3n) is 5.06. The number of hydrogen-bond donors (Lipinski definition) is 1. The minimum absolute atomic E-state index is 0.155. The van der Waals surface area contributed by atoms with Gasteiger partial charge >= 0.3 is 5.97 Å². The van der Waals surface area contributed by atoms with E-state index in [1.54, 1.807) is 35.2 Å². The van der Waals surface area contributed by atoms with E-state index < -0.39 is 27.8 Å². The second-order valence-electron chi connectivity index (χ2n) is 6.52. The van der Waals surface area contributed by atoms with Crippen LogP contribution in [-0.4, -0.2) is 60.8 Å². The fraction of sp³-hybridized carbons (Fsp3) is 0.529. The molecular formula is C17H22N2O5S. The first-order valence-electron chi connectivity index (χ1n) is 8.48. The number of carboxylic acids is 1. The van der Waals surface area contributed by atoms with Crippen molar-refractivity contribution >= 4 is 21.9 Å². The van der Waals surface area contributed by atoms with E-state index in [4.69, 9.17) is 5.11 Å². The van der Waals surface area contributed by atoms with E-state index in [-0.39, 0.29) is 17.3 Å². The molecule has 2 atom stereocenters. The zero-order valence-corrected chi connectivity index (χ0v) is 14.7. The maximum Gasteiger partial charge on any atom is 0.307 e. The molecule has 2 fully saturated rings. The highest BCUT2D eigenvalue weighted by molar-refractivity contribution is 7.89. The van der Waals surface area contributed by atoms with Gasteiger partial charge in [-0.3, -0.25) is 9.59 Å². The van der Waals surface area contributed by atoms with E-state index in [9.17, 15) is 18.0 Å². The predicted molar refractivity (Wildman–Crippen MR) is 90.2 cm³/mol. The molecule has 1 aliphatic carbocycles. The van der Waals surface area contributed by atoms with Gasteiger partial charge in [-0.15, -0.1) is 0 Å². The molecule has 1 saturated heterocycles. The van der Waals surface area contributed by atoms with Gasteiger partial charge in [0.15, 0.2) is 0 Å². The Morgan fingerprint density at radius 3 is 2.24 bits per heavy atom. The summed E-state index contributed by atoms with van der Waals surface area (Å²) in [5, 5.41) is 9.12. The number of sulfonamides is 1. The molecule has 1 aliphatic heterocycles. The van der Waals surface area contributed by atoms with E-state index in [0.717, 1.165) is 0 Å². The van der Waals surface area contributed by atoms with E-state index in [1.807, 2.05) is 0 Å². The van der Waals surface area contributed by atoms with Crippen molar-refractivity contribution in [3.63, 3.8) is 0 Å². The second kappa shape index (κ2) is 7.13. The molecule has 1 aromatic rings. The molecule has 0 spiro atoms. The highest BCUT2D eigenvalue weighted by atomic mass is 32.2. The molecule has 8 heteroatoms. The molecule has 1 amide bonds. The summed E-state index contributed by atoms with van der Waals surface area (Å²) in [5.74, 6) is -2.14. The van der Waals surface area contributed by atoms with Crippen molar-refractivity contribution in [1.29, 1.82) is 0 Å². The molecule has 3 rings (SSSR count). The monoisotopic (exact) mass is 366 g/mol. The van der Waals surface area contributed by atoms with Gasteiger partial charge in [-0.25, -0.2) is 8.42 Å². The maximum atomic E-state index is 12.7. The SMILES string of the molecule is O=C(O)C1CCC1C(=O)N1CCCN(S(=O)(=O)c2ccccc2)CC1. The number of amides is 1. The highest BCUT2D eigenvalue weighted by Gasteiger charge is 2.43. The third-order valence-corrected chi connectivity index (χ3v) is 6.97. The van der Waals surface area contributed by atoms with Crippen LogP contribution in [0.1, 0.15) is 19.3 Å².